The molecule has 0 saturated heterocycles. The summed E-state index contributed by atoms with van der Waals surface area (Å²) < 4.78 is 10.5. The summed E-state index contributed by atoms with van der Waals surface area (Å²) in [5, 5.41) is 14.0. The molecular formula is C13H15N3O4. The summed E-state index contributed by atoms with van der Waals surface area (Å²) in [4.78, 5) is 14.6. The quantitative estimate of drug-likeness (QED) is 0.667. The molecule has 7 nitrogen and oxygen atoms in total. The number of aromatic nitrogens is 1. The Morgan fingerprint density at radius 2 is 2.15 bits per heavy atom. The van der Waals surface area contributed by atoms with Crippen LogP contribution in [-0.4, -0.2) is 17.0 Å². The maximum absolute atomic E-state index is 11.0. The minimum Gasteiger partial charge on any atom is -0.481 e. The highest BCUT2D eigenvalue weighted by Crippen LogP contribution is 2.28. The van der Waals surface area contributed by atoms with Crippen LogP contribution in [0.25, 0.3) is 0 Å². The molecule has 7 heteroatoms. The number of ether oxygens (including phenoxy) is 1. The minimum absolute atomic E-state index is 0.110. The topological polar surface area (TPSA) is 90.4 Å². The summed E-state index contributed by atoms with van der Waals surface area (Å²) in [5.41, 5.74) is -0.110. The third kappa shape index (κ3) is 2.87. The molecule has 2 aromatic rings. The van der Waals surface area contributed by atoms with Crippen LogP contribution >= 0.6 is 0 Å². The molecule has 2 aromatic heterocycles. The van der Waals surface area contributed by atoms with Crippen molar-refractivity contribution in [1.82, 2.24) is 4.98 Å². The molecule has 0 aromatic carbocycles. The third-order valence-electron chi connectivity index (χ3n) is 2.80. The molecule has 0 saturated carbocycles. The standard InChI is InChI=1S/C13H15N3O4/c1-8-4-6-11(20-8)9(2)14-13-10(16(17)18)5-7-12(15-13)19-3/h4-7,9H,1-3H3,(H,14,15). The molecule has 0 spiro atoms. The van der Waals surface area contributed by atoms with Gasteiger partial charge in [-0.3, -0.25) is 10.1 Å². The van der Waals surface area contributed by atoms with Gasteiger partial charge >= 0.3 is 5.69 Å². The molecule has 0 bridgehead atoms. The Kier molecular flexibility index (Phi) is 3.88. The number of hydrogen-bond acceptors (Lipinski definition) is 6. The van der Waals surface area contributed by atoms with Crippen molar-refractivity contribution in [3.8, 4) is 5.88 Å². The molecular weight excluding hydrogens is 262 g/mol. The molecule has 0 aliphatic rings. The first-order valence-electron chi connectivity index (χ1n) is 6.03. The summed E-state index contributed by atoms with van der Waals surface area (Å²) in [6.45, 7) is 3.67. The molecule has 0 aliphatic heterocycles. The average Bonchev–Trinajstić information content (AvgIpc) is 2.85. The predicted octanol–water partition coefficient (Wildman–Crippen LogP) is 3.07. The molecule has 1 unspecified atom stereocenters. The van der Waals surface area contributed by atoms with Crippen LogP contribution in [0.2, 0.25) is 0 Å². The SMILES string of the molecule is COc1ccc([N+](=O)[O-])c(NC(C)c2ccc(C)o2)n1. The number of pyridine rings is 1. The van der Waals surface area contributed by atoms with E-state index >= 15 is 0 Å². The molecule has 1 atom stereocenters. The number of furan rings is 1. The monoisotopic (exact) mass is 277 g/mol. The summed E-state index contributed by atoms with van der Waals surface area (Å²) in [5.74, 6) is 1.92. The normalized spacial score (nSPS) is 11.9. The Labute approximate surface area is 115 Å². The van der Waals surface area contributed by atoms with E-state index in [0.717, 1.165) is 5.76 Å². The van der Waals surface area contributed by atoms with Crippen molar-refractivity contribution in [3.05, 3.63) is 45.9 Å². The third-order valence-corrected chi connectivity index (χ3v) is 2.80. The second-order valence-corrected chi connectivity index (χ2v) is 4.29. The van der Waals surface area contributed by atoms with Crippen LogP contribution in [0.5, 0.6) is 5.88 Å². The van der Waals surface area contributed by atoms with Crippen molar-refractivity contribution in [2.24, 2.45) is 0 Å². The Balaban J connectivity index is 2.29. The number of aryl methyl sites for hydroxylation is 1. The molecule has 2 rings (SSSR count). The number of nitro groups is 1. The Hall–Kier alpha value is -2.57. The first-order valence-corrected chi connectivity index (χ1v) is 6.03. The lowest BCUT2D eigenvalue weighted by Gasteiger charge is -2.12. The van der Waals surface area contributed by atoms with Crippen LogP contribution in [0.3, 0.4) is 0 Å². The number of anilines is 1. The molecule has 2 heterocycles. The van der Waals surface area contributed by atoms with Gasteiger partial charge in [-0.2, -0.15) is 4.98 Å². The van der Waals surface area contributed by atoms with Crippen molar-refractivity contribution < 1.29 is 14.1 Å². The van der Waals surface area contributed by atoms with Gasteiger partial charge < -0.3 is 14.5 Å². The van der Waals surface area contributed by atoms with Crippen molar-refractivity contribution >= 4 is 11.5 Å². The van der Waals surface area contributed by atoms with Gasteiger partial charge in [-0.05, 0) is 26.0 Å². The summed E-state index contributed by atoms with van der Waals surface area (Å²) in [6.07, 6.45) is 0. The van der Waals surface area contributed by atoms with E-state index in [4.69, 9.17) is 9.15 Å². The summed E-state index contributed by atoms with van der Waals surface area (Å²) in [7, 11) is 1.46. The molecule has 106 valence electrons. The van der Waals surface area contributed by atoms with Crippen molar-refractivity contribution in [2.45, 2.75) is 19.9 Å². The number of nitrogens with zero attached hydrogens (tertiary/aromatic N) is 2. The number of nitrogens with one attached hydrogen (secondary N) is 1. The van der Waals surface area contributed by atoms with E-state index in [1.165, 1.54) is 19.2 Å². The van der Waals surface area contributed by atoms with Crippen LogP contribution < -0.4 is 10.1 Å². The summed E-state index contributed by atoms with van der Waals surface area (Å²) >= 11 is 0. The molecule has 1 N–H and O–H groups in total. The first kappa shape index (κ1) is 13.9. The second-order valence-electron chi connectivity index (χ2n) is 4.29. The van der Waals surface area contributed by atoms with Crippen LogP contribution in [0, 0.1) is 17.0 Å². The van der Waals surface area contributed by atoms with E-state index in [0.29, 0.717) is 11.6 Å². The first-order chi connectivity index (χ1) is 9.51. The summed E-state index contributed by atoms with van der Waals surface area (Å²) in [6, 6.07) is 6.21. The highest BCUT2D eigenvalue weighted by Gasteiger charge is 2.19. The molecule has 0 fully saturated rings. The fourth-order valence-corrected chi connectivity index (χ4v) is 1.76. The lowest BCUT2D eigenvalue weighted by Crippen LogP contribution is -2.09. The van der Waals surface area contributed by atoms with Gasteiger partial charge in [0.25, 0.3) is 0 Å². The molecule has 0 amide bonds. The highest BCUT2D eigenvalue weighted by atomic mass is 16.6. The van der Waals surface area contributed by atoms with E-state index in [1.54, 1.807) is 0 Å². The minimum atomic E-state index is -0.491. The zero-order valence-electron chi connectivity index (χ0n) is 11.4. The van der Waals surface area contributed by atoms with Gasteiger partial charge in [-0.1, -0.05) is 0 Å². The molecule has 0 radical (unpaired) electrons. The van der Waals surface area contributed by atoms with Gasteiger partial charge in [0.2, 0.25) is 11.7 Å². The Morgan fingerprint density at radius 3 is 2.70 bits per heavy atom. The number of methoxy groups -OCH3 is 1. The smallest absolute Gasteiger partial charge is 0.311 e. The number of hydrogen-bond donors (Lipinski definition) is 1. The number of rotatable bonds is 5. The van der Waals surface area contributed by atoms with E-state index in [1.807, 2.05) is 26.0 Å². The van der Waals surface area contributed by atoms with Crippen LogP contribution in [0.1, 0.15) is 24.5 Å². The van der Waals surface area contributed by atoms with Crippen LogP contribution in [0.15, 0.2) is 28.7 Å². The predicted molar refractivity (Wildman–Crippen MR) is 72.9 cm³/mol. The van der Waals surface area contributed by atoms with E-state index in [-0.39, 0.29) is 17.5 Å². The zero-order chi connectivity index (χ0) is 14.7. The van der Waals surface area contributed by atoms with Crippen LogP contribution in [0.4, 0.5) is 11.5 Å². The zero-order valence-corrected chi connectivity index (χ0v) is 11.4. The van der Waals surface area contributed by atoms with Crippen molar-refractivity contribution in [3.63, 3.8) is 0 Å². The van der Waals surface area contributed by atoms with Crippen molar-refractivity contribution in [1.29, 1.82) is 0 Å². The fourth-order valence-electron chi connectivity index (χ4n) is 1.76. The highest BCUT2D eigenvalue weighted by molar-refractivity contribution is 5.57. The largest absolute Gasteiger partial charge is 0.481 e. The van der Waals surface area contributed by atoms with Crippen LogP contribution in [-0.2, 0) is 0 Å². The van der Waals surface area contributed by atoms with E-state index in [2.05, 4.69) is 10.3 Å². The van der Waals surface area contributed by atoms with Gasteiger partial charge in [0.05, 0.1) is 18.1 Å². The Morgan fingerprint density at radius 1 is 1.40 bits per heavy atom. The lowest BCUT2D eigenvalue weighted by atomic mass is 10.2. The molecule has 0 aliphatic carbocycles. The van der Waals surface area contributed by atoms with Gasteiger partial charge in [-0.25, -0.2) is 0 Å². The van der Waals surface area contributed by atoms with Gasteiger partial charge in [0.15, 0.2) is 0 Å². The Bertz CT molecular complexity index is 624. The molecule has 20 heavy (non-hydrogen) atoms. The van der Waals surface area contributed by atoms with Crippen molar-refractivity contribution in [2.75, 3.05) is 12.4 Å². The van der Waals surface area contributed by atoms with Gasteiger partial charge in [-0.15, -0.1) is 0 Å². The second kappa shape index (κ2) is 5.60. The van der Waals surface area contributed by atoms with E-state index in [9.17, 15) is 10.1 Å². The van der Waals surface area contributed by atoms with Gasteiger partial charge in [0, 0.05) is 12.1 Å². The van der Waals surface area contributed by atoms with Gasteiger partial charge in [0.1, 0.15) is 11.5 Å². The lowest BCUT2D eigenvalue weighted by molar-refractivity contribution is -0.384. The average molecular weight is 277 g/mol. The fraction of sp³-hybridized carbons (Fsp3) is 0.308. The maximum atomic E-state index is 11.0. The maximum Gasteiger partial charge on any atom is 0.311 e. The van der Waals surface area contributed by atoms with E-state index < -0.39 is 4.92 Å².